The molecule has 1 aliphatic rings. The van der Waals surface area contributed by atoms with Gasteiger partial charge in [0.1, 0.15) is 0 Å². The van der Waals surface area contributed by atoms with Crippen LogP contribution in [0.25, 0.3) is 0 Å². The van der Waals surface area contributed by atoms with Crippen molar-refractivity contribution in [3.8, 4) is 0 Å². The van der Waals surface area contributed by atoms with Crippen molar-refractivity contribution in [3.05, 3.63) is 0 Å². The molecule has 0 bridgehead atoms. The fraction of sp³-hybridized carbons (Fsp3) is 0.714. The van der Waals surface area contributed by atoms with E-state index in [1.807, 2.05) is 13.8 Å². The standard InChI is InChI=1S/C7H12N2O3/c1-3-4(2)9-6(10)5(3)12-7(8)11/h3-5H,1-2H3,(H2,8,11)(H,9,10)/t3-,4-,5-/m0/s1. The van der Waals surface area contributed by atoms with Gasteiger partial charge < -0.3 is 15.8 Å². The molecule has 1 heterocycles. The molecule has 0 radical (unpaired) electrons. The van der Waals surface area contributed by atoms with E-state index in [1.54, 1.807) is 0 Å². The highest BCUT2D eigenvalue weighted by Gasteiger charge is 2.39. The van der Waals surface area contributed by atoms with Gasteiger partial charge in [0.25, 0.3) is 5.91 Å². The molecule has 0 saturated carbocycles. The molecule has 0 aliphatic carbocycles. The average molecular weight is 172 g/mol. The highest BCUT2D eigenvalue weighted by atomic mass is 16.6. The van der Waals surface area contributed by atoms with Crippen molar-refractivity contribution < 1.29 is 14.3 Å². The first-order chi connectivity index (χ1) is 5.52. The molecule has 12 heavy (non-hydrogen) atoms. The first kappa shape index (κ1) is 8.83. The smallest absolute Gasteiger partial charge is 0.405 e. The number of carbonyl (C=O) groups excluding carboxylic acids is 2. The quantitative estimate of drug-likeness (QED) is 0.565. The van der Waals surface area contributed by atoms with E-state index in [-0.39, 0.29) is 17.9 Å². The minimum atomic E-state index is -0.906. The SMILES string of the molecule is C[C@H]1[C@H](C)NC(=O)[C@H]1OC(N)=O. The summed E-state index contributed by atoms with van der Waals surface area (Å²) in [4.78, 5) is 21.5. The monoisotopic (exact) mass is 172 g/mol. The molecule has 1 rings (SSSR count). The topological polar surface area (TPSA) is 81.4 Å². The van der Waals surface area contributed by atoms with Crippen LogP contribution in [0.2, 0.25) is 0 Å². The lowest BCUT2D eigenvalue weighted by atomic mass is 10.0. The molecular weight excluding hydrogens is 160 g/mol. The van der Waals surface area contributed by atoms with Crippen molar-refractivity contribution in [1.82, 2.24) is 5.32 Å². The van der Waals surface area contributed by atoms with Crippen molar-refractivity contribution in [2.45, 2.75) is 26.0 Å². The lowest BCUT2D eigenvalue weighted by Gasteiger charge is -2.13. The van der Waals surface area contributed by atoms with Crippen molar-refractivity contribution in [2.75, 3.05) is 0 Å². The maximum atomic E-state index is 11.1. The van der Waals surface area contributed by atoms with E-state index in [1.165, 1.54) is 0 Å². The van der Waals surface area contributed by atoms with Crippen LogP contribution >= 0.6 is 0 Å². The normalized spacial score (nSPS) is 34.5. The molecule has 1 aliphatic heterocycles. The van der Waals surface area contributed by atoms with Gasteiger partial charge >= 0.3 is 6.09 Å². The van der Waals surface area contributed by atoms with Gasteiger partial charge in [-0.15, -0.1) is 0 Å². The number of nitrogens with one attached hydrogen (secondary N) is 1. The molecule has 0 unspecified atom stereocenters. The van der Waals surface area contributed by atoms with Crippen LogP contribution in [0, 0.1) is 5.92 Å². The van der Waals surface area contributed by atoms with Crippen molar-refractivity contribution >= 4 is 12.0 Å². The van der Waals surface area contributed by atoms with E-state index in [0.29, 0.717) is 0 Å². The summed E-state index contributed by atoms with van der Waals surface area (Å²) >= 11 is 0. The first-order valence-electron chi connectivity index (χ1n) is 3.79. The molecule has 2 amide bonds. The van der Waals surface area contributed by atoms with Gasteiger partial charge in [-0.05, 0) is 6.92 Å². The molecule has 1 fully saturated rings. The van der Waals surface area contributed by atoms with Crippen LogP contribution in [0.15, 0.2) is 0 Å². The minimum absolute atomic E-state index is 0.0231. The number of hydrogen-bond donors (Lipinski definition) is 2. The van der Waals surface area contributed by atoms with Gasteiger partial charge in [0.15, 0.2) is 6.10 Å². The third-order valence-corrected chi connectivity index (χ3v) is 2.14. The van der Waals surface area contributed by atoms with Crippen LogP contribution in [-0.2, 0) is 9.53 Å². The van der Waals surface area contributed by atoms with Gasteiger partial charge in [-0.25, -0.2) is 4.79 Å². The summed E-state index contributed by atoms with van der Waals surface area (Å²) in [6, 6.07) is 0.0295. The Morgan fingerprint density at radius 2 is 2.17 bits per heavy atom. The van der Waals surface area contributed by atoms with E-state index in [2.05, 4.69) is 10.1 Å². The Morgan fingerprint density at radius 1 is 1.58 bits per heavy atom. The van der Waals surface area contributed by atoms with Crippen molar-refractivity contribution in [1.29, 1.82) is 0 Å². The Kier molecular flexibility index (Phi) is 2.21. The summed E-state index contributed by atoms with van der Waals surface area (Å²) < 4.78 is 4.63. The number of amides is 2. The van der Waals surface area contributed by atoms with Gasteiger partial charge in [-0.1, -0.05) is 6.92 Å². The molecule has 5 nitrogen and oxygen atoms in total. The molecule has 0 spiro atoms. The number of primary amides is 1. The van der Waals surface area contributed by atoms with Gasteiger partial charge in [-0.3, -0.25) is 4.79 Å². The van der Waals surface area contributed by atoms with Gasteiger partial charge in [0.2, 0.25) is 0 Å². The third kappa shape index (κ3) is 1.49. The van der Waals surface area contributed by atoms with E-state index in [4.69, 9.17) is 5.73 Å². The Balaban J connectivity index is 2.63. The van der Waals surface area contributed by atoms with E-state index >= 15 is 0 Å². The zero-order valence-corrected chi connectivity index (χ0v) is 7.03. The predicted octanol–water partition coefficient (Wildman–Crippen LogP) is -0.395. The number of rotatable bonds is 1. The Hall–Kier alpha value is -1.26. The Labute approximate surface area is 70.2 Å². The Morgan fingerprint density at radius 3 is 2.50 bits per heavy atom. The number of carbonyl (C=O) groups is 2. The predicted molar refractivity (Wildman–Crippen MR) is 41.2 cm³/mol. The van der Waals surface area contributed by atoms with Crippen LogP contribution in [0.3, 0.4) is 0 Å². The lowest BCUT2D eigenvalue weighted by molar-refractivity contribution is -0.127. The molecule has 1 saturated heterocycles. The van der Waals surface area contributed by atoms with E-state index < -0.39 is 12.2 Å². The second-order valence-corrected chi connectivity index (χ2v) is 3.01. The van der Waals surface area contributed by atoms with Gasteiger partial charge in [0.05, 0.1) is 0 Å². The lowest BCUT2D eigenvalue weighted by Crippen LogP contribution is -2.32. The largest absolute Gasteiger partial charge is 0.436 e. The molecule has 0 aromatic carbocycles. The second kappa shape index (κ2) is 3.00. The first-order valence-corrected chi connectivity index (χ1v) is 3.79. The van der Waals surface area contributed by atoms with E-state index in [0.717, 1.165) is 0 Å². The zero-order chi connectivity index (χ0) is 9.30. The van der Waals surface area contributed by atoms with Crippen LogP contribution in [-0.4, -0.2) is 24.1 Å². The highest BCUT2D eigenvalue weighted by Crippen LogP contribution is 2.18. The minimum Gasteiger partial charge on any atom is -0.436 e. The summed E-state index contributed by atoms with van der Waals surface area (Å²) in [5.41, 5.74) is 4.80. The van der Waals surface area contributed by atoms with Crippen LogP contribution in [0.1, 0.15) is 13.8 Å². The molecule has 68 valence electrons. The fourth-order valence-corrected chi connectivity index (χ4v) is 1.22. The summed E-state index contributed by atoms with van der Waals surface area (Å²) in [5, 5.41) is 2.65. The molecule has 3 N–H and O–H groups in total. The average Bonchev–Trinajstić information content (AvgIpc) is 2.16. The molecular formula is C7H12N2O3. The number of hydrogen-bond acceptors (Lipinski definition) is 3. The highest BCUT2D eigenvalue weighted by molar-refractivity contribution is 5.85. The maximum Gasteiger partial charge on any atom is 0.405 e. The number of ether oxygens (including phenoxy) is 1. The van der Waals surface area contributed by atoms with Crippen LogP contribution in [0.5, 0.6) is 0 Å². The van der Waals surface area contributed by atoms with Crippen LogP contribution in [0.4, 0.5) is 4.79 Å². The maximum absolute atomic E-state index is 11.1. The van der Waals surface area contributed by atoms with Gasteiger partial charge in [-0.2, -0.15) is 0 Å². The van der Waals surface area contributed by atoms with Crippen LogP contribution < -0.4 is 11.1 Å². The zero-order valence-electron chi connectivity index (χ0n) is 7.03. The molecule has 0 aromatic rings. The number of nitrogens with two attached hydrogens (primary N) is 1. The van der Waals surface area contributed by atoms with Crippen molar-refractivity contribution in [3.63, 3.8) is 0 Å². The molecule has 5 heteroatoms. The van der Waals surface area contributed by atoms with Crippen molar-refractivity contribution in [2.24, 2.45) is 11.7 Å². The molecule has 0 aromatic heterocycles. The van der Waals surface area contributed by atoms with E-state index in [9.17, 15) is 9.59 Å². The molecule has 3 atom stereocenters. The van der Waals surface area contributed by atoms with Gasteiger partial charge in [0, 0.05) is 12.0 Å². The second-order valence-electron chi connectivity index (χ2n) is 3.01. The summed E-state index contributed by atoms with van der Waals surface area (Å²) in [6.07, 6.45) is -1.63. The Bertz CT molecular complexity index is 217. The third-order valence-electron chi connectivity index (χ3n) is 2.14. The summed E-state index contributed by atoms with van der Waals surface area (Å²) in [6.45, 7) is 3.68. The summed E-state index contributed by atoms with van der Waals surface area (Å²) in [7, 11) is 0. The fourth-order valence-electron chi connectivity index (χ4n) is 1.22. The summed E-state index contributed by atoms with van der Waals surface area (Å²) in [5.74, 6) is -0.293.